The van der Waals surface area contributed by atoms with Crippen molar-refractivity contribution >= 4 is 17.7 Å². The fourth-order valence-electron chi connectivity index (χ4n) is 6.22. The van der Waals surface area contributed by atoms with Crippen molar-refractivity contribution in [3.8, 4) is 18.1 Å². The van der Waals surface area contributed by atoms with Crippen LogP contribution in [-0.2, 0) is 10.5 Å². The smallest absolute Gasteiger partial charge is 0.278 e. The molecule has 1 amide bonds. The molecule has 1 aliphatic carbocycles. The molecule has 3 aromatic rings. The van der Waals surface area contributed by atoms with E-state index in [2.05, 4.69) is 29.1 Å². The summed E-state index contributed by atoms with van der Waals surface area (Å²) in [7, 11) is 0. The minimum absolute atomic E-state index is 0.0108. The molecule has 1 atom stereocenters. The van der Waals surface area contributed by atoms with Gasteiger partial charge in [-0.05, 0) is 42.5 Å². The summed E-state index contributed by atoms with van der Waals surface area (Å²) >= 11 is 1.76. The van der Waals surface area contributed by atoms with Gasteiger partial charge in [0.2, 0.25) is 5.43 Å². The zero-order valence-electron chi connectivity index (χ0n) is 20.1. The van der Waals surface area contributed by atoms with E-state index < -0.39 is 11.2 Å². The first-order chi connectivity index (χ1) is 18.0. The molecule has 186 valence electrons. The Kier molecular flexibility index (Phi) is 4.97. The number of thioether (sulfide) groups is 1. The summed E-state index contributed by atoms with van der Waals surface area (Å²) in [5.41, 5.74) is 3.29. The van der Waals surface area contributed by atoms with E-state index in [0.29, 0.717) is 0 Å². The number of carbonyl (C=O) groups is 1. The van der Waals surface area contributed by atoms with E-state index in [1.807, 2.05) is 24.3 Å². The third-order valence-electron chi connectivity index (χ3n) is 8.23. The average Bonchev–Trinajstić information content (AvgIpc) is 3.02. The molecule has 2 aromatic carbocycles. The fourth-order valence-corrected chi connectivity index (χ4v) is 7.30. The van der Waals surface area contributed by atoms with Crippen LogP contribution in [0.5, 0.6) is 5.75 Å². The van der Waals surface area contributed by atoms with Gasteiger partial charge in [-0.25, -0.2) is 0 Å². The summed E-state index contributed by atoms with van der Waals surface area (Å²) < 4.78 is 7.48. The lowest BCUT2D eigenvalue weighted by atomic mass is 9.70. The Morgan fingerprint density at radius 1 is 1.11 bits per heavy atom. The van der Waals surface area contributed by atoms with Gasteiger partial charge in [0, 0.05) is 40.1 Å². The van der Waals surface area contributed by atoms with Crippen LogP contribution in [0.4, 0.5) is 0 Å². The molecule has 1 N–H and O–H groups in total. The second kappa shape index (κ2) is 8.17. The maximum absolute atomic E-state index is 13.8. The predicted molar refractivity (Wildman–Crippen MR) is 140 cm³/mol. The Balaban J connectivity index is 1.43. The van der Waals surface area contributed by atoms with Crippen LogP contribution in [0, 0.1) is 12.3 Å². The fraction of sp³-hybridized carbons (Fsp3) is 0.310. The monoisotopic (exact) mass is 511 g/mol. The van der Waals surface area contributed by atoms with Crippen LogP contribution in [-0.4, -0.2) is 45.5 Å². The van der Waals surface area contributed by atoms with Gasteiger partial charge in [-0.2, -0.15) is 0 Å². The van der Waals surface area contributed by atoms with E-state index in [0.717, 1.165) is 58.8 Å². The molecule has 1 aromatic heterocycles. The van der Waals surface area contributed by atoms with Crippen LogP contribution in [0.2, 0.25) is 0 Å². The van der Waals surface area contributed by atoms with Gasteiger partial charge in [0.05, 0.1) is 12.2 Å². The summed E-state index contributed by atoms with van der Waals surface area (Å²) in [6.07, 6.45) is 10.1. The van der Waals surface area contributed by atoms with Gasteiger partial charge in [0.25, 0.3) is 5.91 Å². The predicted octanol–water partition coefficient (Wildman–Crippen LogP) is 3.60. The second-order valence-electron chi connectivity index (χ2n) is 10.2. The van der Waals surface area contributed by atoms with Crippen molar-refractivity contribution in [3.05, 3.63) is 92.9 Å². The van der Waals surface area contributed by atoms with E-state index in [1.165, 1.54) is 6.07 Å². The summed E-state index contributed by atoms with van der Waals surface area (Å²) in [5.74, 6) is 2.77. The van der Waals surface area contributed by atoms with E-state index in [9.17, 15) is 14.7 Å². The molecule has 1 spiro atoms. The molecule has 4 heterocycles. The normalized spacial score (nSPS) is 25.8. The van der Waals surface area contributed by atoms with Crippen molar-refractivity contribution in [2.75, 3.05) is 18.3 Å². The van der Waals surface area contributed by atoms with Crippen molar-refractivity contribution in [1.29, 1.82) is 0 Å². The van der Waals surface area contributed by atoms with Crippen LogP contribution < -0.4 is 10.4 Å². The Labute approximate surface area is 218 Å². The van der Waals surface area contributed by atoms with E-state index in [-0.39, 0.29) is 36.0 Å². The molecule has 0 bridgehead atoms. The molecule has 4 aliphatic rings. The number of aromatic nitrogens is 1. The SMILES string of the molecule is C#Cc1cccc2c1[C@H](N1CN(C3CC4(CCO4)C3)C(=O)c3c(O)c(=O)ccn31)c1ccccc1SC2. The molecule has 3 aliphatic heterocycles. The standard InChI is InChI=1S/C29H25N3O4S/c1-2-18-6-5-7-19-16-37-23-9-4-3-8-21(23)25(24(18)19)32-17-30(20-14-29(15-20)11-13-36-29)28(35)26-27(34)22(33)10-12-31(26)32/h1,3-10,12,20,25,34H,11,13-17H2/t20?,25-,29?/m1/s1. The van der Waals surface area contributed by atoms with Crippen molar-refractivity contribution < 1.29 is 14.6 Å². The lowest BCUT2D eigenvalue weighted by molar-refractivity contribution is -0.213. The zero-order valence-corrected chi connectivity index (χ0v) is 20.9. The largest absolute Gasteiger partial charge is 0.502 e. The van der Waals surface area contributed by atoms with Crippen LogP contribution in [0.1, 0.15) is 58.0 Å². The van der Waals surface area contributed by atoms with Gasteiger partial charge in [-0.15, -0.1) is 18.2 Å². The average molecular weight is 512 g/mol. The first-order valence-corrected chi connectivity index (χ1v) is 13.4. The van der Waals surface area contributed by atoms with Gasteiger partial charge in [0.15, 0.2) is 11.4 Å². The van der Waals surface area contributed by atoms with Gasteiger partial charge in [0.1, 0.15) is 12.7 Å². The Morgan fingerprint density at radius 3 is 2.68 bits per heavy atom. The van der Waals surface area contributed by atoms with E-state index in [1.54, 1.807) is 27.5 Å². The van der Waals surface area contributed by atoms with Crippen LogP contribution >= 0.6 is 11.8 Å². The summed E-state index contributed by atoms with van der Waals surface area (Å²) in [6, 6.07) is 15.2. The van der Waals surface area contributed by atoms with Gasteiger partial charge >= 0.3 is 0 Å². The third-order valence-corrected chi connectivity index (χ3v) is 9.37. The number of carbonyl (C=O) groups excluding carboxylic acids is 1. The molecule has 0 radical (unpaired) electrons. The number of pyridine rings is 1. The number of hydrogen-bond acceptors (Lipinski definition) is 6. The number of aromatic hydroxyl groups is 1. The number of hydrogen-bond donors (Lipinski definition) is 1. The van der Waals surface area contributed by atoms with Crippen molar-refractivity contribution in [2.45, 2.75) is 47.6 Å². The van der Waals surface area contributed by atoms with Crippen LogP contribution in [0.15, 0.2) is 64.4 Å². The number of fused-ring (bicyclic) bond motifs is 3. The number of rotatable bonds is 2. The third kappa shape index (κ3) is 3.27. The number of nitrogens with zero attached hydrogens (tertiary/aromatic N) is 3. The number of terminal acetylenes is 1. The molecule has 2 fully saturated rings. The van der Waals surface area contributed by atoms with Gasteiger partial charge in [-0.3, -0.25) is 19.3 Å². The number of amides is 1. The quantitative estimate of drug-likeness (QED) is 0.530. The van der Waals surface area contributed by atoms with Gasteiger partial charge in [-0.1, -0.05) is 36.3 Å². The Bertz CT molecular complexity index is 1550. The minimum atomic E-state index is -0.574. The van der Waals surface area contributed by atoms with E-state index >= 15 is 0 Å². The second-order valence-corrected chi connectivity index (χ2v) is 11.2. The lowest BCUT2D eigenvalue weighted by Crippen LogP contribution is -2.66. The number of benzene rings is 2. The molecular formula is C29H25N3O4S. The molecular weight excluding hydrogens is 486 g/mol. The molecule has 7 nitrogen and oxygen atoms in total. The molecule has 37 heavy (non-hydrogen) atoms. The zero-order chi connectivity index (χ0) is 25.3. The highest BCUT2D eigenvalue weighted by Crippen LogP contribution is 2.49. The highest BCUT2D eigenvalue weighted by atomic mass is 32.2. The first-order valence-electron chi connectivity index (χ1n) is 12.5. The first kappa shape index (κ1) is 22.5. The molecule has 1 saturated heterocycles. The summed E-state index contributed by atoms with van der Waals surface area (Å²) in [5, 5.41) is 12.9. The van der Waals surface area contributed by atoms with Crippen LogP contribution in [0.25, 0.3) is 0 Å². The Hall–Kier alpha value is -3.67. The van der Waals surface area contributed by atoms with Crippen LogP contribution in [0.3, 0.4) is 0 Å². The highest BCUT2D eigenvalue weighted by molar-refractivity contribution is 7.98. The summed E-state index contributed by atoms with van der Waals surface area (Å²) in [4.78, 5) is 29.2. The minimum Gasteiger partial charge on any atom is -0.502 e. The Morgan fingerprint density at radius 2 is 1.92 bits per heavy atom. The maximum Gasteiger partial charge on any atom is 0.278 e. The van der Waals surface area contributed by atoms with Crippen molar-refractivity contribution in [3.63, 3.8) is 0 Å². The molecule has 0 unspecified atom stereocenters. The van der Waals surface area contributed by atoms with Crippen molar-refractivity contribution in [1.82, 2.24) is 9.58 Å². The van der Waals surface area contributed by atoms with E-state index in [4.69, 9.17) is 11.2 Å². The molecule has 7 rings (SSSR count). The lowest BCUT2D eigenvalue weighted by Gasteiger charge is -2.58. The maximum atomic E-state index is 13.8. The highest BCUT2D eigenvalue weighted by Gasteiger charge is 2.54. The summed E-state index contributed by atoms with van der Waals surface area (Å²) in [6.45, 7) is 1.05. The number of ether oxygens (including phenoxy) is 1. The molecule has 8 heteroatoms. The van der Waals surface area contributed by atoms with Crippen molar-refractivity contribution in [2.24, 2.45) is 0 Å². The topological polar surface area (TPSA) is 75.0 Å². The van der Waals surface area contributed by atoms with Gasteiger partial charge < -0.3 is 14.7 Å². The molecule has 1 saturated carbocycles.